The number of likely N-dealkylation sites (N-methyl/N-ethyl adjacent to an activating group) is 1. The Bertz CT molecular complexity index is 480. The number of aryl methyl sites for hydroxylation is 1. The Morgan fingerprint density at radius 3 is 2.74 bits per heavy atom. The zero-order chi connectivity index (χ0) is 14.0. The average molecular weight is 283 g/mol. The van der Waals surface area contributed by atoms with E-state index in [0.29, 0.717) is 23.2 Å². The third-order valence-electron chi connectivity index (χ3n) is 3.58. The van der Waals surface area contributed by atoms with Crippen molar-refractivity contribution in [3.8, 4) is 0 Å². The zero-order valence-corrected chi connectivity index (χ0v) is 12.3. The lowest BCUT2D eigenvalue weighted by atomic mass is 10.1. The predicted molar refractivity (Wildman–Crippen MR) is 76.1 cm³/mol. The number of halogens is 1. The smallest absolute Gasteiger partial charge is 0.156 e. The number of anilines is 1. The Morgan fingerprint density at radius 1 is 1.42 bits per heavy atom. The van der Waals surface area contributed by atoms with Crippen LogP contribution in [0.15, 0.2) is 0 Å². The quantitative estimate of drug-likeness (QED) is 0.625. The summed E-state index contributed by atoms with van der Waals surface area (Å²) in [7, 11) is 0. The molecule has 0 saturated carbocycles. The van der Waals surface area contributed by atoms with E-state index in [1.165, 1.54) is 0 Å². The highest BCUT2D eigenvalue weighted by Gasteiger charge is 2.26. The van der Waals surface area contributed by atoms with E-state index in [2.05, 4.69) is 33.6 Å². The summed E-state index contributed by atoms with van der Waals surface area (Å²) in [5.74, 6) is 1.26. The van der Waals surface area contributed by atoms with Gasteiger partial charge in [-0.15, -0.1) is 0 Å². The number of aromatic nitrogens is 2. The fourth-order valence-electron chi connectivity index (χ4n) is 2.53. The summed E-state index contributed by atoms with van der Waals surface area (Å²) in [4.78, 5) is 24.2. The van der Waals surface area contributed by atoms with Gasteiger partial charge in [0, 0.05) is 25.7 Å². The van der Waals surface area contributed by atoms with Gasteiger partial charge in [0.1, 0.15) is 16.8 Å². The van der Waals surface area contributed by atoms with Crippen molar-refractivity contribution in [2.24, 2.45) is 0 Å². The lowest BCUT2D eigenvalue weighted by Gasteiger charge is -2.40. The van der Waals surface area contributed by atoms with Gasteiger partial charge < -0.3 is 4.90 Å². The second kappa shape index (κ2) is 5.84. The molecule has 104 valence electrons. The van der Waals surface area contributed by atoms with Gasteiger partial charge in [-0.25, -0.2) is 9.97 Å². The van der Waals surface area contributed by atoms with Crippen LogP contribution >= 0.6 is 11.6 Å². The molecule has 2 heterocycles. The number of aldehydes is 1. The van der Waals surface area contributed by atoms with Gasteiger partial charge in [-0.3, -0.25) is 9.69 Å². The Hall–Kier alpha value is -1.20. The highest BCUT2D eigenvalue weighted by molar-refractivity contribution is 6.32. The molecule has 1 unspecified atom stereocenters. The summed E-state index contributed by atoms with van der Waals surface area (Å²) in [5.41, 5.74) is 0.393. The fraction of sp³-hybridized carbons (Fsp3) is 0.615. The third-order valence-corrected chi connectivity index (χ3v) is 3.87. The first-order valence-corrected chi connectivity index (χ1v) is 6.93. The predicted octanol–water partition coefficient (Wildman–Crippen LogP) is 1.78. The maximum atomic E-state index is 11.2. The van der Waals surface area contributed by atoms with Gasteiger partial charge in [0.2, 0.25) is 0 Å². The van der Waals surface area contributed by atoms with Gasteiger partial charge in [0.05, 0.1) is 5.56 Å². The van der Waals surface area contributed by atoms with E-state index < -0.39 is 0 Å². The summed E-state index contributed by atoms with van der Waals surface area (Å²) in [5, 5.41) is 0.239. The van der Waals surface area contributed by atoms with Crippen LogP contribution in [0.5, 0.6) is 0 Å². The highest BCUT2D eigenvalue weighted by Crippen LogP contribution is 2.25. The number of piperazine rings is 1. The largest absolute Gasteiger partial charge is 0.353 e. The van der Waals surface area contributed by atoms with E-state index in [1.807, 2.05) is 0 Å². The van der Waals surface area contributed by atoms with Gasteiger partial charge in [-0.1, -0.05) is 18.5 Å². The van der Waals surface area contributed by atoms with Crippen molar-refractivity contribution < 1.29 is 4.79 Å². The molecular weight excluding hydrogens is 264 g/mol. The van der Waals surface area contributed by atoms with Crippen LogP contribution in [-0.4, -0.2) is 53.4 Å². The molecule has 0 N–H and O–H groups in total. The van der Waals surface area contributed by atoms with Gasteiger partial charge in [-0.2, -0.15) is 0 Å². The van der Waals surface area contributed by atoms with Crippen molar-refractivity contribution in [2.45, 2.75) is 26.8 Å². The second-order valence-corrected chi connectivity index (χ2v) is 5.20. The molecule has 1 aliphatic rings. The number of hydrogen-bond donors (Lipinski definition) is 0. The molecule has 6 heteroatoms. The monoisotopic (exact) mass is 282 g/mol. The molecule has 19 heavy (non-hydrogen) atoms. The van der Waals surface area contributed by atoms with Crippen LogP contribution in [0.3, 0.4) is 0 Å². The number of nitrogens with zero attached hydrogens (tertiary/aromatic N) is 4. The fourth-order valence-corrected chi connectivity index (χ4v) is 2.78. The topological polar surface area (TPSA) is 49.3 Å². The van der Waals surface area contributed by atoms with Gasteiger partial charge in [0.25, 0.3) is 0 Å². The molecule has 0 radical (unpaired) electrons. The van der Waals surface area contributed by atoms with Crippen molar-refractivity contribution in [1.29, 1.82) is 0 Å². The Morgan fingerprint density at radius 2 is 2.16 bits per heavy atom. The zero-order valence-electron chi connectivity index (χ0n) is 11.6. The maximum absolute atomic E-state index is 11.2. The minimum absolute atomic E-state index is 0.239. The van der Waals surface area contributed by atoms with E-state index in [-0.39, 0.29) is 5.15 Å². The van der Waals surface area contributed by atoms with Crippen molar-refractivity contribution in [3.05, 3.63) is 16.5 Å². The first-order chi connectivity index (χ1) is 9.06. The average Bonchev–Trinajstić information content (AvgIpc) is 2.37. The van der Waals surface area contributed by atoms with E-state index in [9.17, 15) is 4.79 Å². The maximum Gasteiger partial charge on any atom is 0.156 e. The Balaban J connectivity index is 2.30. The molecule has 0 bridgehead atoms. The third kappa shape index (κ3) is 2.87. The van der Waals surface area contributed by atoms with Crippen LogP contribution in [0.1, 0.15) is 30.0 Å². The van der Waals surface area contributed by atoms with Crippen LogP contribution in [0, 0.1) is 6.92 Å². The number of carbonyl (C=O) groups is 1. The summed E-state index contributed by atoms with van der Waals surface area (Å²) >= 11 is 6.03. The lowest BCUT2D eigenvalue weighted by Crippen LogP contribution is -2.52. The molecule has 0 aromatic carbocycles. The summed E-state index contributed by atoms with van der Waals surface area (Å²) in [6.07, 6.45) is 0.744. The van der Waals surface area contributed by atoms with Crippen LogP contribution in [0.4, 0.5) is 5.82 Å². The highest BCUT2D eigenvalue weighted by atomic mass is 35.5. The normalized spacial score (nSPS) is 20.6. The summed E-state index contributed by atoms with van der Waals surface area (Å²) < 4.78 is 0. The summed E-state index contributed by atoms with van der Waals surface area (Å²) in [6.45, 7) is 9.85. The molecule has 1 aliphatic heterocycles. The van der Waals surface area contributed by atoms with Crippen molar-refractivity contribution in [3.63, 3.8) is 0 Å². The first-order valence-electron chi connectivity index (χ1n) is 6.55. The molecule has 5 nitrogen and oxygen atoms in total. The van der Waals surface area contributed by atoms with Gasteiger partial charge in [-0.05, 0) is 20.4 Å². The van der Waals surface area contributed by atoms with Crippen LogP contribution < -0.4 is 4.90 Å². The Kier molecular flexibility index (Phi) is 4.37. The van der Waals surface area contributed by atoms with Crippen molar-refractivity contribution in [2.75, 3.05) is 31.1 Å². The molecule has 1 aromatic rings. The summed E-state index contributed by atoms with van der Waals surface area (Å²) in [6, 6.07) is 0.437. The first kappa shape index (κ1) is 14.2. The molecular formula is C13H19ClN4O. The van der Waals surface area contributed by atoms with E-state index in [4.69, 9.17) is 11.6 Å². The molecule has 2 rings (SSSR count). The van der Waals surface area contributed by atoms with Gasteiger partial charge in [0.15, 0.2) is 6.29 Å². The number of rotatable bonds is 3. The standard InChI is InChI=1S/C13H19ClN4O/c1-4-17-5-6-18(7-9(17)2)13-11(8-19)12(14)15-10(3)16-13/h8-9H,4-7H2,1-3H3. The second-order valence-electron chi connectivity index (χ2n) is 4.84. The molecule has 0 amide bonds. The van der Waals surface area contributed by atoms with Crippen LogP contribution in [0.25, 0.3) is 0 Å². The molecule has 1 aromatic heterocycles. The molecule has 1 fully saturated rings. The van der Waals surface area contributed by atoms with Crippen molar-refractivity contribution >= 4 is 23.7 Å². The Labute approximate surface area is 118 Å². The van der Waals surface area contributed by atoms with Crippen LogP contribution in [-0.2, 0) is 0 Å². The molecule has 0 aliphatic carbocycles. The lowest BCUT2D eigenvalue weighted by molar-refractivity contribution is 0.112. The minimum atomic E-state index is 0.239. The molecule has 0 spiro atoms. The van der Waals surface area contributed by atoms with E-state index >= 15 is 0 Å². The minimum Gasteiger partial charge on any atom is -0.353 e. The van der Waals surface area contributed by atoms with Crippen molar-refractivity contribution in [1.82, 2.24) is 14.9 Å². The van der Waals surface area contributed by atoms with Crippen LogP contribution in [0.2, 0.25) is 5.15 Å². The van der Waals surface area contributed by atoms with Gasteiger partial charge >= 0.3 is 0 Å². The number of carbonyl (C=O) groups excluding carboxylic acids is 1. The van der Waals surface area contributed by atoms with E-state index in [0.717, 1.165) is 32.5 Å². The SMILES string of the molecule is CCN1CCN(c2nc(C)nc(Cl)c2C=O)CC1C. The number of hydrogen-bond acceptors (Lipinski definition) is 5. The molecule has 1 saturated heterocycles. The van der Waals surface area contributed by atoms with E-state index in [1.54, 1.807) is 6.92 Å². The molecule has 1 atom stereocenters.